The van der Waals surface area contributed by atoms with Crippen molar-refractivity contribution in [3.8, 4) is 11.4 Å². The van der Waals surface area contributed by atoms with Crippen molar-refractivity contribution in [2.75, 3.05) is 7.11 Å². The maximum Gasteiger partial charge on any atom is 0.341 e. The second kappa shape index (κ2) is 3.66. The smallest absolute Gasteiger partial charge is 0.341 e. The highest BCUT2D eigenvalue weighted by Crippen LogP contribution is 2.33. The van der Waals surface area contributed by atoms with Crippen LogP contribution in [0, 0.1) is 0 Å². The number of hydrogen-bond donors (Lipinski definition) is 0. The van der Waals surface area contributed by atoms with Gasteiger partial charge in [0, 0.05) is 6.20 Å². The van der Waals surface area contributed by atoms with Gasteiger partial charge < -0.3 is 14.0 Å². The highest BCUT2D eigenvalue weighted by molar-refractivity contribution is 5.94. The molecule has 17 heavy (non-hydrogen) atoms. The number of fused-ring (bicyclic) bond motifs is 3. The first kappa shape index (κ1) is 9.96. The van der Waals surface area contributed by atoms with Crippen LogP contribution < -0.4 is 4.74 Å². The molecule has 1 aromatic heterocycles. The number of benzene rings is 1. The van der Waals surface area contributed by atoms with Gasteiger partial charge in [0.15, 0.2) is 5.75 Å². The Morgan fingerprint density at radius 3 is 3.06 bits per heavy atom. The van der Waals surface area contributed by atoms with Crippen LogP contribution in [0.1, 0.15) is 16.1 Å². The Bertz CT molecular complexity index is 586. The van der Waals surface area contributed by atoms with Crippen LogP contribution in [0.25, 0.3) is 5.69 Å². The van der Waals surface area contributed by atoms with Crippen molar-refractivity contribution in [1.82, 2.24) is 4.57 Å². The number of carbonyl (C=O) groups is 1. The summed E-state index contributed by atoms with van der Waals surface area (Å²) in [6, 6.07) is 9.40. The maximum absolute atomic E-state index is 11.6. The summed E-state index contributed by atoms with van der Waals surface area (Å²) in [4.78, 5) is 11.6. The Hall–Kier alpha value is -2.23. The highest BCUT2D eigenvalue weighted by Gasteiger charge is 2.22. The first-order valence-electron chi connectivity index (χ1n) is 5.32. The van der Waals surface area contributed by atoms with E-state index in [1.54, 1.807) is 6.07 Å². The van der Waals surface area contributed by atoms with Gasteiger partial charge in [-0.1, -0.05) is 6.07 Å². The van der Waals surface area contributed by atoms with Gasteiger partial charge in [0.25, 0.3) is 0 Å². The number of rotatable bonds is 1. The van der Waals surface area contributed by atoms with Gasteiger partial charge in [0.2, 0.25) is 0 Å². The molecule has 4 nitrogen and oxygen atoms in total. The van der Waals surface area contributed by atoms with Crippen LogP contribution in [-0.2, 0) is 11.3 Å². The molecule has 0 N–H and O–H groups in total. The molecule has 0 fully saturated rings. The molecule has 0 aliphatic carbocycles. The van der Waals surface area contributed by atoms with E-state index >= 15 is 0 Å². The van der Waals surface area contributed by atoms with E-state index in [-0.39, 0.29) is 5.97 Å². The molecule has 2 heterocycles. The second-order valence-electron chi connectivity index (χ2n) is 3.80. The van der Waals surface area contributed by atoms with E-state index < -0.39 is 0 Å². The molecule has 0 amide bonds. The minimum atomic E-state index is -0.377. The van der Waals surface area contributed by atoms with Gasteiger partial charge in [-0.25, -0.2) is 4.79 Å². The summed E-state index contributed by atoms with van der Waals surface area (Å²) in [5.74, 6) is 0.209. The molecule has 0 atom stereocenters. The van der Waals surface area contributed by atoms with Crippen LogP contribution in [0.5, 0.6) is 5.75 Å². The zero-order chi connectivity index (χ0) is 11.8. The molecule has 4 heteroatoms. The average Bonchev–Trinajstić information content (AvgIpc) is 2.85. The fraction of sp³-hybridized carbons (Fsp3) is 0.154. The van der Waals surface area contributed by atoms with E-state index in [0.29, 0.717) is 17.9 Å². The van der Waals surface area contributed by atoms with Gasteiger partial charge in [-0.05, 0) is 24.3 Å². The lowest BCUT2D eigenvalue weighted by Gasteiger charge is -2.22. The Kier molecular flexibility index (Phi) is 2.14. The number of methoxy groups -OCH3 is 1. The van der Waals surface area contributed by atoms with Crippen molar-refractivity contribution in [1.29, 1.82) is 0 Å². The van der Waals surface area contributed by atoms with E-state index in [9.17, 15) is 4.79 Å². The zero-order valence-electron chi connectivity index (χ0n) is 9.34. The largest absolute Gasteiger partial charge is 0.484 e. The molecule has 1 aromatic carbocycles. The predicted molar refractivity (Wildman–Crippen MR) is 61.4 cm³/mol. The zero-order valence-corrected chi connectivity index (χ0v) is 9.34. The Balaban J connectivity index is 2.21. The Morgan fingerprint density at radius 1 is 1.35 bits per heavy atom. The topological polar surface area (TPSA) is 40.5 Å². The minimum Gasteiger partial charge on any atom is -0.484 e. The molecule has 0 spiro atoms. The van der Waals surface area contributed by atoms with Gasteiger partial charge in [-0.2, -0.15) is 0 Å². The first-order chi connectivity index (χ1) is 8.31. The number of nitrogens with zero attached hydrogens (tertiary/aromatic N) is 1. The summed E-state index contributed by atoms with van der Waals surface area (Å²) in [6.07, 6.45) is 1.96. The quantitative estimate of drug-likeness (QED) is 0.703. The fourth-order valence-electron chi connectivity index (χ4n) is 2.05. The first-order valence-corrected chi connectivity index (χ1v) is 5.32. The molecule has 0 radical (unpaired) electrons. The van der Waals surface area contributed by atoms with Crippen molar-refractivity contribution < 1.29 is 14.3 Å². The third-order valence-electron chi connectivity index (χ3n) is 2.86. The number of aromatic nitrogens is 1. The third-order valence-corrected chi connectivity index (χ3v) is 2.86. The second-order valence-corrected chi connectivity index (χ2v) is 3.80. The molecule has 1 aliphatic rings. The lowest BCUT2D eigenvalue weighted by Crippen LogP contribution is -2.15. The van der Waals surface area contributed by atoms with Crippen molar-refractivity contribution in [2.24, 2.45) is 0 Å². The standard InChI is InChI=1S/C13H11NO3/c1-16-13(15)10-5-2-6-11-12(10)17-8-9-4-3-7-14(9)11/h2-7H,8H2,1H3. The van der Waals surface area contributed by atoms with Crippen LogP contribution in [-0.4, -0.2) is 17.6 Å². The number of para-hydroxylation sites is 1. The average molecular weight is 229 g/mol. The normalized spacial score (nSPS) is 12.3. The molecule has 3 rings (SSSR count). The van der Waals surface area contributed by atoms with E-state index in [1.165, 1.54) is 7.11 Å². The molecule has 86 valence electrons. The minimum absolute atomic E-state index is 0.377. The van der Waals surface area contributed by atoms with Crippen LogP contribution >= 0.6 is 0 Å². The van der Waals surface area contributed by atoms with Gasteiger partial charge in [-0.15, -0.1) is 0 Å². The molecule has 1 aliphatic heterocycles. The van der Waals surface area contributed by atoms with Crippen molar-refractivity contribution in [2.45, 2.75) is 6.61 Å². The van der Waals surface area contributed by atoms with Gasteiger partial charge in [0.1, 0.15) is 12.2 Å². The molecule has 0 saturated carbocycles. The lowest BCUT2D eigenvalue weighted by molar-refractivity contribution is 0.0595. The van der Waals surface area contributed by atoms with E-state index in [2.05, 4.69) is 0 Å². The maximum atomic E-state index is 11.6. The molecule has 0 bridgehead atoms. The van der Waals surface area contributed by atoms with E-state index in [1.807, 2.05) is 35.0 Å². The third kappa shape index (κ3) is 1.41. The molecule has 0 unspecified atom stereocenters. The monoisotopic (exact) mass is 229 g/mol. The number of carbonyl (C=O) groups excluding carboxylic acids is 1. The fourth-order valence-corrected chi connectivity index (χ4v) is 2.05. The summed E-state index contributed by atoms with van der Waals surface area (Å²) < 4.78 is 12.4. The molecular weight excluding hydrogens is 218 g/mol. The molecule has 0 saturated heterocycles. The van der Waals surface area contributed by atoms with Crippen LogP contribution in [0.4, 0.5) is 0 Å². The summed E-state index contributed by atoms with van der Waals surface area (Å²) in [7, 11) is 1.37. The number of esters is 1. The number of ether oxygens (including phenoxy) is 2. The molecular formula is C13H11NO3. The Labute approximate surface area is 98.4 Å². The molecule has 2 aromatic rings. The van der Waals surface area contributed by atoms with Gasteiger partial charge >= 0.3 is 5.97 Å². The SMILES string of the molecule is COC(=O)c1cccc2c1OCc1cccn1-2. The summed E-state index contributed by atoms with van der Waals surface area (Å²) in [5, 5.41) is 0. The van der Waals surface area contributed by atoms with Gasteiger partial charge in [0.05, 0.1) is 18.5 Å². The van der Waals surface area contributed by atoms with Crippen LogP contribution in [0.3, 0.4) is 0 Å². The summed E-state index contributed by atoms with van der Waals surface area (Å²) in [6.45, 7) is 0.466. The van der Waals surface area contributed by atoms with E-state index in [4.69, 9.17) is 9.47 Å². The summed E-state index contributed by atoms with van der Waals surface area (Å²) in [5.41, 5.74) is 2.41. The van der Waals surface area contributed by atoms with Crippen LogP contribution in [0.15, 0.2) is 36.5 Å². The lowest BCUT2D eigenvalue weighted by atomic mass is 10.1. The summed E-state index contributed by atoms with van der Waals surface area (Å²) >= 11 is 0. The van der Waals surface area contributed by atoms with Crippen LogP contribution in [0.2, 0.25) is 0 Å². The number of hydrogen-bond acceptors (Lipinski definition) is 3. The van der Waals surface area contributed by atoms with Crippen molar-refractivity contribution in [3.05, 3.63) is 47.8 Å². The van der Waals surface area contributed by atoms with Gasteiger partial charge in [-0.3, -0.25) is 0 Å². The predicted octanol–water partition coefficient (Wildman–Crippen LogP) is 2.16. The van der Waals surface area contributed by atoms with E-state index in [0.717, 1.165) is 11.4 Å². The Morgan fingerprint density at radius 2 is 2.24 bits per heavy atom. The highest BCUT2D eigenvalue weighted by atomic mass is 16.5. The van der Waals surface area contributed by atoms with Crippen molar-refractivity contribution in [3.63, 3.8) is 0 Å². The van der Waals surface area contributed by atoms with Crippen molar-refractivity contribution >= 4 is 5.97 Å².